The highest BCUT2D eigenvalue weighted by Crippen LogP contribution is 2.43. The third kappa shape index (κ3) is 5.06. The molecule has 2 aromatic carbocycles. The van der Waals surface area contributed by atoms with Crippen LogP contribution in [0.4, 0.5) is 5.69 Å². The monoisotopic (exact) mass is 513 g/mol. The van der Waals surface area contributed by atoms with Crippen molar-refractivity contribution in [3.05, 3.63) is 102 Å². The van der Waals surface area contributed by atoms with Gasteiger partial charge in [-0.25, -0.2) is 4.79 Å². The fourth-order valence-corrected chi connectivity index (χ4v) is 4.78. The maximum atomic E-state index is 11.8. The second-order valence-electron chi connectivity index (χ2n) is 8.93. The van der Waals surface area contributed by atoms with E-state index in [2.05, 4.69) is 15.2 Å². The average Bonchev–Trinajstić information content (AvgIpc) is 3.54. The van der Waals surface area contributed by atoms with Crippen molar-refractivity contribution >= 4 is 29.0 Å². The van der Waals surface area contributed by atoms with Crippen molar-refractivity contribution < 1.29 is 18.7 Å². The first-order valence-corrected chi connectivity index (χ1v) is 12.4. The summed E-state index contributed by atoms with van der Waals surface area (Å²) in [5, 5.41) is 4.02. The van der Waals surface area contributed by atoms with Gasteiger partial charge in [0.05, 0.1) is 30.5 Å². The van der Waals surface area contributed by atoms with Crippen LogP contribution in [0.1, 0.15) is 47.7 Å². The number of benzene rings is 2. The van der Waals surface area contributed by atoms with E-state index < -0.39 is 0 Å². The number of carbonyl (C=O) groups is 1. The van der Waals surface area contributed by atoms with E-state index in [4.69, 9.17) is 26.1 Å². The molecule has 0 saturated carbocycles. The number of nitrogens with one attached hydrogen (secondary N) is 1. The van der Waals surface area contributed by atoms with Gasteiger partial charge in [0.25, 0.3) is 0 Å². The van der Waals surface area contributed by atoms with Crippen molar-refractivity contribution in [1.29, 1.82) is 0 Å². The summed E-state index contributed by atoms with van der Waals surface area (Å²) >= 11 is 5.80. The van der Waals surface area contributed by atoms with Crippen molar-refractivity contribution in [1.82, 2.24) is 10.3 Å². The minimum absolute atomic E-state index is 0.0879. The molecular formula is C29H27N3O4S. The number of hydrogen-bond acceptors (Lipinski definition) is 6. The van der Waals surface area contributed by atoms with Crippen LogP contribution in [0.25, 0.3) is 11.3 Å². The van der Waals surface area contributed by atoms with E-state index in [-0.39, 0.29) is 24.2 Å². The summed E-state index contributed by atoms with van der Waals surface area (Å²) in [5.41, 5.74) is 3.10. The SMILES string of the molecule is COC(=O)c1ccc(-c2ccc(C3C(c4ccccn4)NC(=S)N3c3ccc(OC(C)C)cc3)o2)cc1. The average molecular weight is 514 g/mol. The number of pyridine rings is 1. The smallest absolute Gasteiger partial charge is 0.337 e. The highest BCUT2D eigenvalue weighted by atomic mass is 32.1. The first-order valence-electron chi connectivity index (χ1n) is 12.0. The van der Waals surface area contributed by atoms with Crippen LogP contribution in [0.3, 0.4) is 0 Å². The van der Waals surface area contributed by atoms with Crippen LogP contribution in [0, 0.1) is 0 Å². The largest absolute Gasteiger partial charge is 0.491 e. The molecule has 0 bridgehead atoms. The number of methoxy groups -OCH3 is 1. The molecule has 188 valence electrons. The molecule has 1 N–H and O–H groups in total. The summed E-state index contributed by atoms with van der Waals surface area (Å²) in [6, 6.07) is 24.2. The Kier molecular flexibility index (Phi) is 6.92. The molecule has 1 aliphatic heterocycles. The summed E-state index contributed by atoms with van der Waals surface area (Å²) in [6.45, 7) is 4.00. The lowest BCUT2D eigenvalue weighted by atomic mass is 10.0. The van der Waals surface area contributed by atoms with Crippen LogP contribution in [0.15, 0.2) is 89.5 Å². The van der Waals surface area contributed by atoms with Crippen LogP contribution >= 0.6 is 12.2 Å². The number of hydrogen-bond donors (Lipinski definition) is 1. The minimum atomic E-state index is -0.379. The molecule has 2 aromatic heterocycles. The second kappa shape index (κ2) is 10.4. The Balaban J connectivity index is 1.51. The van der Waals surface area contributed by atoms with Crippen LogP contribution in [0.5, 0.6) is 5.75 Å². The van der Waals surface area contributed by atoms with Gasteiger partial charge in [-0.15, -0.1) is 0 Å². The number of nitrogens with zero attached hydrogens (tertiary/aromatic N) is 2. The highest BCUT2D eigenvalue weighted by molar-refractivity contribution is 7.80. The van der Waals surface area contributed by atoms with E-state index in [0.29, 0.717) is 16.4 Å². The van der Waals surface area contributed by atoms with Gasteiger partial charge in [0.15, 0.2) is 5.11 Å². The molecule has 4 aromatic rings. The highest BCUT2D eigenvalue weighted by Gasteiger charge is 2.42. The number of aromatic nitrogens is 1. The van der Waals surface area contributed by atoms with Crippen molar-refractivity contribution in [3.8, 4) is 17.1 Å². The maximum absolute atomic E-state index is 11.8. The Labute approximate surface area is 221 Å². The van der Waals surface area contributed by atoms with Gasteiger partial charge in [-0.3, -0.25) is 4.98 Å². The van der Waals surface area contributed by atoms with E-state index in [1.165, 1.54) is 7.11 Å². The topological polar surface area (TPSA) is 76.8 Å². The second-order valence-corrected chi connectivity index (χ2v) is 9.31. The lowest BCUT2D eigenvalue weighted by molar-refractivity contribution is 0.0600. The van der Waals surface area contributed by atoms with Crippen molar-refractivity contribution in [2.75, 3.05) is 12.0 Å². The molecule has 0 aliphatic carbocycles. The van der Waals surface area contributed by atoms with Gasteiger partial charge in [-0.1, -0.05) is 18.2 Å². The van der Waals surface area contributed by atoms with Crippen LogP contribution in [0.2, 0.25) is 0 Å². The number of ether oxygens (including phenoxy) is 2. The normalized spacial score (nSPS) is 17.1. The fourth-order valence-electron chi connectivity index (χ4n) is 4.43. The summed E-state index contributed by atoms with van der Waals surface area (Å²) in [5.74, 6) is 1.84. The molecule has 1 fully saturated rings. The molecule has 0 spiro atoms. The molecule has 7 nitrogen and oxygen atoms in total. The number of rotatable bonds is 7. The van der Waals surface area contributed by atoms with Crippen LogP contribution < -0.4 is 15.0 Å². The Morgan fingerprint density at radius 1 is 1.03 bits per heavy atom. The summed E-state index contributed by atoms with van der Waals surface area (Å²) in [7, 11) is 1.36. The molecule has 5 rings (SSSR count). The lowest BCUT2D eigenvalue weighted by Gasteiger charge is -2.26. The third-order valence-corrected chi connectivity index (χ3v) is 6.41. The quantitative estimate of drug-likeness (QED) is 0.235. The van der Waals surface area contributed by atoms with Gasteiger partial charge in [0.1, 0.15) is 23.3 Å². The molecule has 3 heterocycles. The van der Waals surface area contributed by atoms with Gasteiger partial charge in [-0.2, -0.15) is 0 Å². The molecule has 2 atom stereocenters. The van der Waals surface area contributed by atoms with E-state index >= 15 is 0 Å². The third-order valence-electron chi connectivity index (χ3n) is 6.09. The first-order chi connectivity index (χ1) is 17.9. The number of carbonyl (C=O) groups excluding carboxylic acids is 1. The van der Waals surface area contributed by atoms with Crippen molar-refractivity contribution in [2.45, 2.75) is 32.0 Å². The fraction of sp³-hybridized carbons (Fsp3) is 0.207. The first kappa shape index (κ1) is 24.5. The molecule has 0 radical (unpaired) electrons. The van der Waals surface area contributed by atoms with E-state index in [9.17, 15) is 4.79 Å². The van der Waals surface area contributed by atoms with Crippen molar-refractivity contribution in [2.24, 2.45) is 0 Å². The summed E-state index contributed by atoms with van der Waals surface area (Å²) in [4.78, 5) is 18.4. The Morgan fingerprint density at radius 3 is 2.43 bits per heavy atom. The summed E-state index contributed by atoms with van der Waals surface area (Å²) in [6.07, 6.45) is 1.86. The zero-order valence-electron chi connectivity index (χ0n) is 20.8. The van der Waals surface area contributed by atoms with Gasteiger partial charge in [0.2, 0.25) is 0 Å². The Hall–Kier alpha value is -4.17. The standard InChI is InChI=1S/C29H27N3O4S/c1-18(2)35-22-13-11-21(12-14-22)32-27(26(31-29(32)37)23-6-4-5-17-30-23)25-16-15-24(36-25)19-7-9-20(10-8-19)28(33)34-3/h4-18,26-27H,1-3H3,(H,31,37). The number of anilines is 1. The lowest BCUT2D eigenvalue weighted by Crippen LogP contribution is -2.29. The number of esters is 1. The summed E-state index contributed by atoms with van der Waals surface area (Å²) < 4.78 is 17.0. The van der Waals surface area contributed by atoms with E-state index in [1.807, 2.05) is 80.6 Å². The maximum Gasteiger partial charge on any atom is 0.337 e. The predicted molar refractivity (Wildman–Crippen MR) is 146 cm³/mol. The molecule has 2 unspecified atom stereocenters. The minimum Gasteiger partial charge on any atom is -0.491 e. The van der Waals surface area contributed by atoms with E-state index in [1.54, 1.807) is 18.3 Å². The number of furan rings is 1. The van der Waals surface area contributed by atoms with E-state index in [0.717, 1.165) is 28.5 Å². The van der Waals surface area contributed by atoms with Gasteiger partial charge in [0, 0.05) is 17.4 Å². The molecule has 8 heteroatoms. The van der Waals surface area contributed by atoms with Crippen LogP contribution in [-0.4, -0.2) is 29.3 Å². The molecule has 0 amide bonds. The predicted octanol–water partition coefficient (Wildman–Crippen LogP) is 6.09. The molecular weight excluding hydrogens is 486 g/mol. The number of thiocarbonyl (C=S) groups is 1. The van der Waals surface area contributed by atoms with Gasteiger partial charge < -0.3 is 24.1 Å². The Morgan fingerprint density at radius 2 is 1.78 bits per heavy atom. The van der Waals surface area contributed by atoms with Gasteiger partial charge in [-0.05, 0) is 86.7 Å². The van der Waals surface area contributed by atoms with Gasteiger partial charge >= 0.3 is 5.97 Å². The molecule has 37 heavy (non-hydrogen) atoms. The zero-order valence-corrected chi connectivity index (χ0v) is 21.6. The van der Waals surface area contributed by atoms with Crippen molar-refractivity contribution in [3.63, 3.8) is 0 Å². The molecule has 1 aliphatic rings. The zero-order chi connectivity index (χ0) is 25.9. The Bertz CT molecular complexity index is 1380. The van der Waals surface area contributed by atoms with Crippen LogP contribution in [-0.2, 0) is 4.74 Å². The molecule has 1 saturated heterocycles.